The smallest absolute Gasteiger partial charge is 0.250 e. The summed E-state index contributed by atoms with van der Waals surface area (Å²) in [5.74, 6) is 1.26. The standard InChI is InChI=1S/C29H36ClN3O4.BrH/c1-33(2,16-9-17-36-23-14-15-25(27(31)34)26(30)18-23)20-24-19-32-28(37-24)29(35,21-10-5-3-6-11-21)22-12-7-4-8-13-22;/h3,5-6,10-11,14-15,18-19,22,35H,4,7-9,12-13,16-17,20H2,1-2H3,(H-,31,34);1H/t29-;/m0./s1. The van der Waals surface area contributed by atoms with Gasteiger partial charge in [0, 0.05) is 12.3 Å². The lowest BCUT2D eigenvalue weighted by Gasteiger charge is -2.36. The van der Waals surface area contributed by atoms with E-state index in [0.29, 0.717) is 29.3 Å². The minimum Gasteiger partial charge on any atom is -1.00 e. The van der Waals surface area contributed by atoms with Crippen LogP contribution in [0.15, 0.2) is 59.1 Å². The molecule has 9 heteroatoms. The van der Waals surface area contributed by atoms with Gasteiger partial charge in [-0.15, -0.1) is 0 Å². The number of ether oxygens (including phenoxy) is 1. The molecule has 4 rings (SSSR count). The van der Waals surface area contributed by atoms with Crippen molar-refractivity contribution in [1.29, 1.82) is 0 Å². The molecule has 3 aromatic rings. The molecule has 1 aromatic heterocycles. The van der Waals surface area contributed by atoms with E-state index < -0.39 is 11.5 Å². The van der Waals surface area contributed by atoms with E-state index >= 15 is 0 Å². The number of rotatable bonds is 11. The summed E-state index contributed by atoms with van der Waals surface area (Å²) in [4.78, 5) is 15.9. The van der Waals surface area contributed by atoms with Crippen molar-refractivity contribution < 1.29 is 40.5 Å². The van der Waals surface area contributed by atoms with Crippen molar-refractivity contribution in [3.05, 3.63) is 82.5 Å². The van der Waals surface area contributed by atoms with Crippen LogP contribution in [-0.4, -0.2) is 47.7 Å². The molecule has 1 aliphatic rings. The second kappa shape index (κ2) is 13.1. The van der Waals surface area contributed by atoms with Gasteiger partial charge in [0.25, 0.3) is 0 Å². The Balaban J connectivity index is 0.00000400. The van der Waals surface area contributed by atoms with Gasteiger partial charge in [0.15, 0.2) is 11.4 Å². The van der Waals surface area contributed by atoms with Gasteiger partial charge in [-0.2, -0.15) is 0 Å². The summed E-state index contributed by atoms with van der Waals surface area (Å²) in [7, 11) is 4.26. The maximum absolute atomic E-state index is 12.0. The fourth-order valence-electron chi connectivity index (χ4n) is 5.27. The number of carbonyl (C=O) groups excluding carboxylic acids is 1. The van der Waals surface area contributed by atoms with Crippen LogP contribution in [0.25, 0.3) is 0 Å². The predicted octanol–water partition coefficient (Wildman–Crippen LogP) is 2.29. The molecular weight excluding hydrogens is 570 g/mol. The summed E-state index contributed by atoms with van der Waals surface area (Å²) >= 11 is 6.10. The maximum atomic E-state index is 12.0. The highest BCUT2D eigenvalue weighted by Gasteiger charge is 2.44. The third-order valence-electron chi connectivity index (χ3n) is 7.26. The number of nitrogens with zero attached hydrogens (tertiary/aromatic N) is 2. The van der Waals surface area contributed by atoms with Crippen LogP contribution in [0.5, 0.6) is 5.75 Å². The van der Waals surface area contributed by atoms with Crippen molar-refractivity contribution in [3.63, 3.8) is 0 Å². The summed E-state index contributed by atoms with van der Waals surface area (Å²) in [6.45, 7) is 1.99. The van der Waals surface area contributed by atoms with E-state index in [1.54, 1.807) is 24.4 Å². The second-order valence-corrected chi connectivity index (χ2v) is 11.0. The topological polar surface area (TPSA) is 98.6 Å². The van der Waals surface area contributed by atoms with Crippen molar-refractivity contribution in [2.24, 2.45) is 11.7 Å². The number of nitrogens with two attached hydrogens (primary N) is 1. The number of benzene rings is 2. The summed E-state index contributed by atoms with van der Waals surface area (Å²) in [6, 6.07) is 14.7. The van der Waals surface area contributed by atoms with Gasteiger partial charge >= 0.3 is 0 Å². The molecule has 1 heterocycles. The van der Waals surface area contributed by atoms with Crippen LogP contribution < -0.4 is 27.5 Å². The molecule has 0 radical (unpaired) electrons. The van der Waals surface area contributed by atoms with E-state index in [1.807, 2.05) is 30.3 Å². The van der Waals surface area contributed by atoms with Crippen molar-refractivity contribution in [2.75, 3.05) is 27.2 Å². The lowest BCUT2D eigenvalue weighted by Crippen LogP contribution is -3.00. The Morgan fingerprint density at radius 1 is 1.18 bits per heavy atom. The second-order valence-electron chi connectivity index (χ2n) is 10.6. The fraction of sp³-hybridized carbons (Fsp3) is 0.448. The molecule has 206 valence electrons. The lowest BCUT2D eigenvalue weighted by molar-refractivity contribution is -0.904. The zero-order valence-electron chi connectivity index (χ0n) is 22.0. The van der Waals surface area contributed by atoms with Crippen LogP contribution in [0.4, 0.5) is 0 Å². The fourth-order valence-corrected chi connectivity index (χ4v) is 5.54. The minimum atomic E-state index is -1.23. The maximum Gasteiger partial charge on any atom is 0.250 e. The first kappa shape index (κ1) is 30.2. The molecule has 1 fully saturated rings. The first-order valence-electron chi connectivity index (χ1n) is 13.0. The van der Waals surface area contributed by atoms with Crippen LogP contribution in [0.1, 0.15) is 66.1 Å². The van der Waals surface area contributed by atoms with Crippen molar-refractivity contribution in [3.8, 4) is 5.75 Å². The molecule has 0 spiro atoms. The average Bonchev–Trinajstić information content (AvgIpc) is 3.35. The van der Waals surface area contributed by atoms with Gasteiger partial charge in [0.05, 0.1) is 44.0 Å². The normalized spacial score (nSPS) is 15.9. The molecule has 1 saturated carbocycles. The molecular formula is C29H37BrClN3O4. The van der Waals surface area contributed by atoms with Crippen molar-refractivity contribution >= 4 is 17.5 Å². The van der Waals surface area contributed by atoms with Gasteiger partial charge in [0.2, 0.25) is 11.8 Å². The van der Waals surface area contributed by atoms with Crippen LogP contribution in [0.2, 0.25) is 5.02 Å². The zero-order chi connectivity index (χ0) is 26.5. The summed E-state index contributed by atoms with van der Waals surface area (Å²) in [6.07, 6.45) is 7.91. The molecule has 0 bridgehead atoms. The molecule has 7 nitrogen and oxygen atoms in total. The minimum absolute atomic E-state index is 0. The number of halogens is 2. The van der Waals surface area contributed by atoms with Gasteiger partial charge < -0.3 is 41.5 Å². The third kappa shape index (κ3) is 7.17. The molecule has 0 unspecified atom stereocenters. The van der Waals surface area contributed by atoms with Crippen molar-refractivity contribution in [2.45, 2.75) is 50.7 Å². The molecule has 38 heavy (non-hydrogen) atoms. The van der Waals surface area contributed by atoms with Gasteiger partial charge in [0.1, 0.15) is 12.3 Å². The third-order valence-corrected chi connectivity index (χ3v) is 7.57. The number of amides is 1. The van der Waals surface area contributed by atoms with E-state index in [1.165, 1.54) is 6.42 Å². The van der Waals surface area contributed by atoms with E-state index in [0.717, 1.165) is 50.0 Å². The highest BCUT2D eigenvalue weighted by Crippen LogP contribution is 2.43. The molecule has 1 amide bonds. The number of hydrogen-bond donors (Lipinski definition) is 2. The molecule has 0 saturated heterocycles. The van der Waals surface area contributed by atoms with E-state index in [2.05, 4.69) is 19.1 Å². The quantitative estimate of drug-likeness (QED) is 0.258. The average molecular weight is 607 g/mol. The Morgan fingerprint density at radius 3 is 2.55 bits per heavy atom. The highest BCUT2D eigenvalue weighted by atomic mass is 79.9. The number of aliphatic hydroxyl groups is 1. The number of carbonyl (C=O) groups is 1. The molecule has 1 atom stereocenters. The number of aromatic nitrogens is 1. The SMILES string of the molecule is C[N+](C)(CCCOc1ccc(C(N)=O)c(Cl)c1)Cc1cnc([C@](O)(c2ccccc2)C2CCCCC2)o1.[Br-]. The number of quaternary nitrogens is 1. The van der Waals surface area contributed by atoms with E-state index in [9.17, 15) is 9.90 Å². The first-order chi connectivity index (χ1) is 17.7. The van der Waals surface area contributed by atoms with Gasteiger partial charge in [-0.1, -0.05) is 61.2 Å². The monoisotopic (exact) mass is 605 g/mol. The largest absolute Gasteiger partial charge is 1.00 e. The van der Waals surface area contributed by atoms with Crippen LogP contribution >= 0.6 is 11.6 Å². The summed E-state index contributed by atoms with van der Waals surface area (Å²) in [5.41, 5.74) is 5.19. The molecule has 3 N–H and O–H groups in total. The van der Waals surface area contributed by atoms with E-state index in [-0.39, 0.29) is 33.5 Å². The number of oxazole rings is 1. The lowest BCUT2D eigenvalue weighted by atomic mass is 9.73. The van der Waals surface area contributed by atoms with Gasteiger partial charge in [-0.25, -0.2) is 4.98 Å². The van der Waals surface area contributed by atoms with Gasteiger partial charge in [-0.3, -0.25) is 4.79 Å². The Bertz CT molecular complexity index is 1200. The Kier molecular flexibility index (Phi) is 10.4. The van der Waals surface area contributed by atoms with Crippen molar-refractivity contribution in [1.82, 2.24) is 4.98 Å². The van der Waals surface area contributed by atoms with Crippen LogP contribution in [0, 0.1) is 5.92 Å². The molecule has 2 aromatic carbocycles. The van der Waals surface area contributed by atoms with E-state index in [4.69, 9.17) is 26.5 Å². The highest BCUT2D eigenvalue weighted by molar-refractivity contribution is 6.33. The summed E-state index contributed by atoms with van der Waals surface area (Å²) in [5, 5.41) is 12.3. The first-order valence-corrected chi connectivity index (χ1v) is 13.3. The van der Waals surface area contributed by atoms with Crippen LogP contribution in [0.3, 0.4) is 0 Å². The Labute approximate surface area is 240 Å². The number of hydrogen-bond acceptors (Lipinski definition) is 5. The molecule has 0 aliphatic heterocycles. The van der Waals surface area contributed by atoms with Crippen LogP contribution in [-0.2, 0) is 12.1 Å². The zero-order valence-corrected chi connectivity index (χ0v) is 24.4. The van der Waals surface area contributed by atoms with Gasteiger partial charge in [-0.05, 0) is 36.6 Å². The predicted molar refractivity (Wildman–Crippen MR) is 143 cm³/mol. The Morgan fingerprint density at radius 2 is 1.89 bits per heavy atom. The Hall–Kier alpha value is -2.39. The summed E-state index contributed by atoms with van der Waals surface area (Å²) < 4.78 is 12.7. The molecule has 1 aliphatic carbocycles. The number of primary amides is 1.